The first kappa shape index (κ1) is 24.1. The summed E-state index contributed by atoms with van der Waals surface area (Å²) in [6.45, 7) is 5.83. The first-order valence-corrected chi connectivity index (χ1v) is 9.92. The zero-order valence-electron chi connectivity index (χ0n) is 16.0. The third-order valence-electron chi connectivity index (χ3n) is 3.80. The molecule has 0 spiro atoms. The summed E-state index contributed by atoms with van der Waals surface area (Å²) in [5.74, 6) is 1.86. The first-order valence-electron chi connectivity index (χ1n) is 8.73. The molecular weight excluding hydrogens is 499 g/mol. The predicted octanol–water partition coefficient (Wildman–Crippen LogP) is 3.29. The lowest BCUT2D eigenvalue weighted by Crippen LogP contribution is -2.40. The number of rotatable bonds is 10. The fourth-order valence-electron chi connectivity index (χ4n) is 2.48. The SMILES string of the molecule is CCc1nncn1CCNC(=NCCCOC)N(C)Cc1ccc(Cl)s1.I. The molecule has 0 aliphatic rings. The zero-order valence-corrected chi connectivity index (χ0v) is 19.9. The molecule has 1 N–H and O–H groups in total. The minimum atomic E-state index is 0. The number of hydrogen-bond donors (Lipinski definition) is 1. The Morgan fingerprint density at radius 3 is 2.93 bits per heavy atom. The maximum atomic E-state index is 6.04. The summed E-state index contributed by atoms with van der Waals surface area (Å²) >= 11 is 7.63. The third-order valence-corrected chi connectivity index (χ3v) is 5.02. The van der Waals surface area contributed by atoms with Crippen LogP contribution in [0, 0.1) is 0 Å². The summed E-state index contributed by atoms with van der Waals surface area (Å²) in [5, 5.41) is 11.5. The molecule has 0 aliphatic carbocycles. The van der Waals surface area contributed by atoms with Gasteiger partial charge < -0.3 is 19.5 Å². The average Bonchev–Trinajstić information content (AvgIpc) is 3.25. The van der Waals surface area contributed by atoms with Crippen LogP contribution >= 0.6 is 46.9 Å². The summed E-state index contributed by atoms with van der Waals surface area (Å²) in [6.07, 6.45) is 3.54. The van der Waals surface area contributed by atoms with Gasteiger partial charge in [0.2, 0.25) is 0 Å². The van der Waals surface area contributed by atoms with E-state index in [2.05, 4.69) is 38.0 Å². The van der Waals surface area contributed by atoms with E-state index in [1.807, 2.05) is 13.1 Å². The van der Waals surface area contributed by atoms with Crippen molar-refractivity contribution in [2.75, 3.05) is 33.9 Å². The fraction of sp³-hybridized carbons (Fsp3) is 0.588. The van der Waals surface area contributed by atoms with E-state index in [1.165, 1.54) is 4.88 Å². The second-order valence-electron chi connectivity index (χ2n) is 5.83. The Labute approximate surface area is 187 Å². The Morgan fingerprint density at radius 1 is 1.44 bits per heavy atom. The van der Waals surface area contributed by atoms with Gasteiger partial charge in [-0.3, -0.25) is 4.99 Å². The summed E-state index contributed by atoms with van der Waals surface area (Å²) in [4.78, 5) is 8.03. The minimum absolute atomic E-state index is 0. The van der Waals surface area contributed by atoms with E-state index in [1.54, 1.807) is 24.8 Å². The standard InChI is InChI=1S/C17H27ClN6OS.HI/c1-4-16-22-21-13-24(16)10-9-20-17(19-8-5-11-25-3)23(2)12-14-6-7-15(18)26-14;/h6-7,13H,4-5,8-12H2,1-3H3,(H,19,20);1H. The Hall–Kier alpha value is -0.910. The molecule has 2 heterocycles. The monoisotopic (exact) mass is 526 g/mol. The van der Waals surface area contributed by atoms with Crippen molar-refractivity contribution in [3.8, 4) is 0 Å². The second-order valence-corrected chi connectivity index (χ2v) is 7.63. The first-order chi connectivity index (χ1) is 12.6. The van der Waals surface area contributed by atoms with E-state index in [9.17, 15) is 0 Å². The van der Waals surface area contributed by atoms with Crippen molar-refractivity contribution in [2.45, 2.75) is 32.9 Å². The lowest BCUT2D eigenvalue weighted by molar-refractivity contribution is 0.197. The van der Waals surface area contributed by atoms with Crippen LogP contribution in [0.4, 0.5) is 0 Å². The molecule has 2 aromatic heterocycles. The summed E-state index contributed by atoms with van der Waals surface area (Å²) in [6, 6.07) is 3.98. The van der Waals surface area contributed by atoms with Crippen molar-refractivity contribution in [3.63, 3.8) is 0 Å². The molecule has 0 saturated heterocycles. The number of aliphatic imine (C=N–C) groups is 1. The van der Waals surface area contributed by atoms with Crippen LogP contribution in [0.15, 0.2) is 23.5 Å². The van der Waals surface area contributed by atoms with Gasteiger partial charge in [-0.15, -0.1) is 45.5 Å². The molecule has 0 bridgehead atoms. The summed E-state index contributed by atoms with van der Waals surface area (Å²) in [5.41, 5.74) is 0. The highest BCUT2D eigenvalue weighted by Crippen LogP contribution is 2.22. The molecule has 27 heavy (non-hydrogen) atoms. The molecule has 0 atom stereocenters. The summed E-state index contributed by atoms with van der Waals surface area (Å²) < 4.78 is 7.97. The Bertz CT molecular complexity index is 693. The van der Waals surface area contributed by atoms with Gasteiger partial charge in [-0.2, -0.15) is 0 Å². The third kappa shape index (κ3) is 8.32. The Kier molecular flexibility index (Phi) is 11.9. The van der Waals surface area contributed by atoms with Gasteiger partial charge in [-0.05, 0) is 18.6 Å². The molecule has 152 valence electrons. The highest BCUT2D eigenvalue weighted by molar-refractivity contribution is 14.0. The Balaban J connectivity index is 0.00000364. The number of hydrogen-bond acceptors (Lipinski definition) is 5. The molecule has 7 nitrogen and oxygen atoms in total. The minimum Gasteiger partial charge on any atom is -0.385 e. The maximum Gasteiger partial charge on any atom is 0.194 e. The predicted molar refractivity (Wildman–Crippen MR) is 122 cm³/mol. The molecule has 2 rings (SSSR count). The van der Waals surface area contributed by atoms with Gasteiger partial charge in [0.15, 0.2) is 5.96 Å². The number of nitrogens with zero attached hydrogens (tertiary/aromatic N) is 5. The van der Waals surface area contributed by atoms with Crippen LogP contribution in [0.3, 0.4) is 0 Å². The van der Waals surface area contributed by atoms with Gasteiger partial charge in [0, 0.05) is 51.7 Å². The van der Waals surface area contributed by atoms with Crippen LogP contribution < -0.4 is 5.32 Å². The quantitative estimate of drug-likeness (QED) is 0.223. The van der Waals surface area contributed by atoms with Crippen molar-refractivity contribution >= 4 is 52.9 Å². The molecule has 2 aromatic rings. The lowest BCUT2D eigenvalue weighted by Gasteiger charge is -2.22. The smallest absolute Gasteiger partial charge is 0.194 e. The number of methoxy groups -OCH3 is 1. The molecular formula is C17H28ClIN6OS. The van der Waals surface area contributed by atoms with Crippen molar-refractivity contribution in [2.24, 2.45) is 4.99 Å². The van der Waals surface area contributed by atoms with E-state index in [-0.39, 0.29) is 24.0 Å². The highest BCUT2D eigenvalue weighted by Gasteiger charge is 2.09. The number of ether oxygens (including phenoxy) is 1. The number of thiophene rings is 1. The van der Waals surface area contributed by atoms with Crippen LogP contribution in [0.25, 0.3) is 0 Å². The second kappa shape index (κ2) is 13.3. The average molecular weight is 527 g/mol. The van der Waals surface area contributed by atoms with Gasteiger partial charge >= 0.3 is 0 Å². The van der Waals surface area contributed by atoms with Crippen LogP contribution in [-0.4, -0.2) is 59.5 Å². The van der Waals surface area contributed by atoms with Crippen LogP contribution in [-0.2, 0) is 24.2 Å². The number of aryl methyl sites for hydroxylation is 1. The number of halogens is 2. The molecule has 0 saturated carbocycles. The van der Waals surface area contributed by atoms with Crippen molar-refractivity contribution in [3.05, 3.63) is 33.5 Å². The highest BCUT2D eigenvalue weighted by atomic mass is 127. The van der Waals surface area contributed by atoms with Crippen molar-refractivity contribution < 1.29 is 4.74 Å². The zero-order chi connectivity index (χ0) is 18.8. The van der Waals surface area contributed by atoms with Gasteiger partial charge in [0.05, 0.1) is 10.9 Å². The molecule has 0 fully saturated rings. The van der Waals surface area contributed by atoms with Crippen molar-refractivity contribution in [1.29, 1.82) is 0 Å². The molecule has 0 aromatic carbocycles. The lowest BCUT2D eigenvalue weighted by atomic mass is 10.4. The van der Waals surface area contributed by atoms with E-state index >= 15 is 0 Å². The van der Waals surface area contributed by atoms with Crippen LogP contribution in [0.1, 0.15) is 24.0 Å². The normalized spacial score (nSPS) is 11.3. The van der Waals surface area contributed by atoms with E-state index < -0.39 is 0 Å². The number of nitrogens with one attached hydrogen (secondary N) is 1. The van der Waals surface area contributed by atoms with Crippen molar-refractivity contribution in [1.82, 2.24) is 25.0 Å². The van der Waals surface area contributed by atoms with Crippen LogP contribution in [0.2, 0.25) is 4.34 Å². The number of aromatic nitrogens is 3. The molecule has 0 amide bonds. The van der Waals surface area contributed by atoms with E-state index in [4.69, 9.17) is 21.3 Å². The molecule has 10 heteroatoms. The molecule has 0 radical (unpaired) electrons. The topological polar surface area (TPSA) is 67.6 Å². The Morgan fingerprint density at radius 2 is 2.26 bits per heavy atom. The van der Waals surface area contributed by atoms with Crippen LogP contribution in [0.5, 0.6) is 0 Å². The molecule has 0 unspecified atom stereocenters. The van der Waals surface area contributed by atoms with E-state index in [0.29, 0.717) is 6.61 Å². The van der Waals surface area contributed by atoms with Gasteiger partial charge in [0.1, 0.15) is 12.2 Å². The van der Waals surface area contributed by atoms with Gasteiger partial charge in [0.25, 0.3) is 0 Å². The van der Waals surface area contributed by atoms with E-state index in [0.717, 1.165) is 55.1 Å². The fourth-order valence-corrected chi connectivity index (χ4v) is 3.62. The molecule has 0 aliphatic heterocycles. The van der Waals surface area contributed by atoms with Gasteiger partial charge in [-0.1, -0.05) is 18.5 Å². The maximum absolute atomic E-state index is 6.04. The summed E-state index contributed by atoms with van der Waals surface area (Å²) in [7, 11) is 3.74. The largest absolute Gasteiger partial charge is 0.385 e. The van der Waals surface area contributed by atoms with Gasteiger partial charge in [-0.25, -0.2) is 0 Å². The number of guanidine groups is 1.